The molecule has 3 aromatic rings. The fourth-order valence-electron chi connectivity index (χ4n) is 2.39. The van der Waals surface area contributed by atoms with Crippen LogP contribution in [0.2, 0.25) is 5.02 Å². The van der Waals surface area contributed by atoms with Crippen molar-refractivity contribution in [1.82, 2.24) is 5.32 Å². The van der Waals surface area contributed by atoms with Crippen molar-refractivity contribution in [2.75, 3.05) is 5.32 Å². The summed E-state index contributed by atoms with van der Waals surface area (Å²) in [4.78, 5) is 12.0. The van der Waals surface area contributed by atoms with Gasteiger partial charge in [0.1, 0.15) is 0 Å². The summed E-state index contributed by atoms with van der Waals surface area (Å²) >= 11 is 11.1. The molecular weight excluding hydrogens is 352 g/mol. The number of carbonyl (C=O) groups is 1. The van der Waals surface area contributed by atoms with E-state index in [2.05, 4.69) is 10.6 Å². The number of benzene rings is 3. The molecule has 0 atom stereocenters. The van der Waals surface area contributed by atoms with Crippen molar-refractivity contribution < 1.29 is 4.79 Å². The van der Waals surface area contributed by atoms with E-state index in [9.17, 15) is 4.79 Å². The SMILES string of the molecule is O=C(/C=C/c1ccc(Cl)cc1)NC(=S)Nc1cccc2ccccc12. The molecule has 0 bridgehead atoms. The molecule has 2 N–H and O–H groups in total. The second kappa shape index (κ2) is 7.92. The zero-order valence-corrected chi connectivity index (χ0v) is 14.8. The molecule has 0 aliphatic rings. The number of fused-ring (bicyclic) bond motifs is 1. The highest BCUT2D eigenvalue weighted by Gasteiger charge is 2.04. The number of carbonyl (C=O) groups excluding carboxylic acids is 1. The summed E-state index contributed by atoms with van der Waals surface area (Å²) in [5, 5.41) is 8.76. The Hall–Kier alpha value is -2.69. The van der Waals surface area contributed by atoms with Crippen LogP contribution in [-0.4, -0.2) is 11.0 Å². The maximum Gasteiger partial charge on any atom is 0.250 e. The highest BCUT2D eigenvalue weighted by atomic mass is 35.5. The number of hydrogen-bond donors (Lipinski definition) is 2. The van der Waals surface area contributed by atoms with Crippen molar-refractivity contribution in [3.8, 4) is 0 Å². The molecule has 124 valence electrons. The zero-order valence-electron chi connectivity index (χ0n) is 13.2. The summed E-state index contributed by atoms with van der Waals surface area (Å²) in [7, 11) is 0. The number of hydrogen-bond acceptors (Lipinski definition) is 2. The first-order chi connectivity index (χ1) is 12.1. The van der Waals surface area contributed by atoms with Crippen molar-refractivity contribution in [1.29, 1.82) is 0 Å². The van der Waals surface area contributed by atoms with Crippen LogP contribution in [0.3, 0.4) is 0 Å². The molecule has 0 aromatic heterocycles. The van der Waals surface area contributed by atoms with Gasteiger partial charge in [-0.25, -0.2) is 0 Å². The largest absolute Gasteiger partial charge is 0.332 e. The molecule has 5 heteroatoms. The summed E-state index contributed by atoms with van der Waals surface area (Å²) in [6.45, 7) is 0. The third kappa shape index (κ3) is 4.66. The standard InChI is InChI=1S/C20H15ClN2OS/c21-16-11-8-14(9-12-16)10-13-19(24)23-20(25)22-18-7-3-5-15-4-1-2-6-17(15)18/h1-13H,(H2,22,23,24,25)/b13-10+. The highest BCUT2D eigenvalue weighted by molar-refractivity contribution is 7.80. The molecule has 0 unspecified atom stereocenters. The highest BCUT2D eigenvalue weighted by Crippen LogP contribution is 2.22. The van der Waals surface area contributed by atoms with Crippen LogP contribution in [0.4, 0.5) is 5.69 Å². The van der Waals surface area contributed by atoms with E-state index in [0.717, 1.165) is 22.0 Å². The van der Waals surface area contributed by atoms with Gasteiger partial charge in [-0.1, -0.05) is 60.1 Å². The summed E-state index contributed by atoms with van der Waals surface area (Å²) in [6.07, 6.45) is 3.13. The molecule has 25 heavy (non-hydrogen) atoms. The number of amides is 1. The third-order valence-corrected chi connectivity index (χ3v) is 4.03. The lowest BCUT2D eigenvalue weighted by molar-refractivity contribution is -0.115. The van der Waals surface area contributed by atoms with Crippen LogP contribution in [0.25, 0.3) is 16.8 Å². The monoisotopic (exact) mass is 366 g/mol. The Morgan fingerprint density at radius 2 is 1.68 bits per heavy atom. The van der Waals surface area contributed by atoms with Gasteiger partial charge in [-0.05, 0) is 47.4 Å². The zero-order chi connectivity index (χ0) is 17.6. The minimum Gasteiger partial charge on any atom is -0.332 e. The molecule has 0 spiro atoms. The van der Waals surface area contributed by atoms with Gasteiger partial charge in [0.05, 0.1) is 0 Å². The first-order valence-electron chi connectivity index (χ1n) is 7.65. The quantitative estimate of drug-likeness (QED) is 0.505. The van der Waals surface area contributed by atoms with Gasteiger partial charge >= 0.3 is 0 Å². The number of halogens is 1. The van der Waals surface area contributed by atoms with Crippen molar-refractivity contribution in [3.63, 3.8) is 0 Å². The molecule has 3 rings (SSSR count). The van der Waals surface area contributed by atoms with E-state index in [-0.39, 0.29) is 11.0 Å². The minimum atomic E-state index is -0.298. The molecule has 0 radical (unpaired) electrons. The second-order valence-electron chi connectivity index (χ2n) is 5.35. The Morgan fingerprint density at radius 1 is 0.960 bits per heavy atom. The molecular formula is C20H15ClN2OS. The molecule has 3 aromatic carbocycles. The number of nitrogens with one attached hydrogen (secondary N) is 2. The van der Waals surface area contributed by atoms with Crippen LogP contribution in [0.15, 0.2) is 72.8 Å². The van der Waals surface area contributed by atoms with Crippen LogP contribution in [0.5, 0.6) is 0 Å². The average molecular weight is 367 g/mol. The van der Waals surface area contributed by atoms with Gasteiger partial charge in [-0.15, -0.1) is 0 Å². The number of rotatable bonds is 3. The number of thiocarbonyl (C=S) groups is 1. The fraction of sp³-hybridized carbons (Fsp3) is 0. The van der Waals surface area contributed by atoms with Gasteiger partial charge in [0.25, 0.3) is 0 Å². The first-order valence-corrected chi connectivity index (χ1v) is 8.44. The lowest BCUT2D eigenvalue weighted by Gasteiger charge is -2.10. The topological polar surface area (TPSA) is 41.1 Å². The van der Waals surface area contributed by atoms with Crippen LogP contribution in [-0.2, 0) is 4.79 Å². The molecule has 1 amide bonds. The minimum absolute atomic E-state index is 0.252. The third-order valence-electron chi connectivity index (χ3n) is 3.57. The number of anilines is 1. The lowest BCUT2D eigenvalue weighted by atomic mass is 10.1. The molecule has 0 aliphatic carbocycles. The van der Waals surface area contributed by atoms with Gasteiger partial charge in [0.2, 0.25) is 5.91 Å². The summed E-state index contributed by atoms with van der Waals surface area (Å²) in [5.41, 5.74) is 1.73. The van der Waals surface area contributed by atoms with E-state index in [0.29, 0.717) is 5.02 Å². The predicted molar refractivity (Wildman–Crippen MR) is 109 cm³/mol. The lowest BCUT2D eigenvalue weighted by Crippen LogP contribution is -2.32. The van der Waals surface area contributed by atoms with Gasteiger partial charge in [0, 0.05) is 22.2 Å². The van der Waals surface area contributed by atoms with Crippen LogP contribution in [0.1, 0.15) is 5.56 Å². The van der Waals surface area contributed by atoms with Crippen LogP contribution < -0.4 is 10.6 Å². The Labute approximate surface area is 156 Å². The van der Waals surface area contributed by atoms with Crippen LogP contribution in [0, 0.1) is 0 Å². The maximum atomic E-state index is 12.0. The fourth-order valence-corrected chi connectivity index (χ4v) is 2.72. The van der Waals surface area contributed by atoms with Crippen molar-refractivity contribution in [2.24, 2.45) is 0 Å². The van der Waals surface area contributed by atoms with Crippen molar-refractivity contribution in [3.05, 3.63) is 83.4 Å². The Kier molecular flexibility index (Phi) is 5.43. The van der Waals surface area contributed by atoms with E-state index in [1.54, 1.807) is 18.2 Å². The van der Waals surface area contributed by atoms with Gasteiger partial charge in [0.15, 0.2) is 5.11 Å². The van der Waals surface area contributed by atoms with E-state index < -0.39 is 0 Å². The van der Waals surface area contributed by atoms with E-state index in [1.807, 2.05) is 54.6 Å². The first kappa shape index (κ1) is 17.1. The molecule has 0 saturated heterocycles. The van der Waals surface area contributed by atoms with Gasteiger partial charge in [-0.2, -0.15) is 0 Å². The Bertz CT molecular complexity index is 946. The summed E-state index contributed by atoms with van der Waals surface area (Å²) in [6, 6.07) is 21.1. The Balaban J connectivity index is 1.63. The maximum absolute atomic E-state index is 12.0. The normalized spacial score (nSPS) is 10.8. The Morgan fingerprint density at radius 3 is 2.48 bits per heavy atom. The van der Waals surface area contributed by atoms with Crippen molar-refractivity contribution >= 4 is 57.4 Å². The smallest absolute Gasteiger partial charge is 0.250 e. The van der Waals surface area contributed by atoms with E-state index in [1.165, 1.54) is 6.08 Å². The second-order valence-corrected chi connectivity index (χ2v) is 6.20. The molecule has 0 fully saturated rings. The molecule has 3 nitrogen and oxygen atoms in total. The van der Waals surface area contributed by atoms with E-state index >= 15 is 0 Å². The van der Waals surface area contributed by atoms with Crippen molar-refractivity contribution in [2.45, 2.75) is 0 Å². The predicted octanol–water partition coefficient (Wildman–Crippen LogP) is 5.02. The molecule has 0 saturated carbocycles. The molecule has 0 heterocycles. The summed E-state index contributed by atoms with van der Waals surface area (Å²) < 4.78 is 0. The average Bonchev–Trinajstić information content (AvgIpc) is 2.61. The van der Waals surface area contributed by atoms with E-state index in [4.69, 9.17) is 23.8 Å². The summed E-state index contributed by atoms with van der Waals surface area (Å²) in [5.74, 6) is -0.298. The van der Waals surface area contributed by atoms with Gasteiger partial charge < -0.3 is 5.32 Å². The van der Waals surface area contributed by atoms with Gasteiger partial charge in [-0.3, -0.25) is 10.1 Å². The molecule has 0 aliphatic heterocycles. The van der Waals surface area contributed by atoms with Crippen LogP contribution >= 0.6 is 23.8 Å².